The van der Waals surface area contributed by atoms with Crippen LogP contribution in [0.5, 0.6) is 0 Å². The van der Waals surface area contributed by atoms with E-state index in [0.29, 0.717) is 12.6 Å². The van der Waals surface area contributed by atoms with Crippen LogP contribution in [0.1, 0.15) is 19.3 Å². The summed E-state index contributed by atoms with van der Waals surface area (Å²) < 4.78 is 0. The van der Waals surface area contributed by atoms with Crippen LogP contribution < -0.4 is 5.32 Å². The fourth-order valence-corrected chi connectivity index (χ4v) is 1.49. The highest BCUT2D eigenvalue weighted by atomic mass is 16.4. The highest BCUT2D eigenvalue weighted by Gasteiger charge is 2.16. The molecule has 0 aromatic carbocycles. The number of carbonyl (C=O) groups is 1. The number of hydrogen-bond donors (Lipinski definition) is 2. The fraction of sp³-hybridized carbons (Fsp3) is 0.875. The van der Waals surface area contributed by atoms with Gasteiger partial charge in [-0.25, -0.2) is 4.79 Å². The normalized spacial score (nSPS) is 23.6. The molecule has 0 aromatic rings. The van der Waals surface area contributed by atoms with E-state index in [1.807, 2.05) is 0 Å². The van der Waals surface area contributed by atoms with Gasteiger partial charge in [-0.15, -0.1) is 0 Å². The van der Waals surface area contributed by atoms with E-state index in [2.05, 4.69) is 5.32 Å². The molecule has 0 saturated carbocycles. The SMILES string of the molecule is CN(C[C@H]1CCCCN1)C(=O)O. The van der Waals surface area contributed by atoms with Crippen molar-refractivity contribution < 1.29 is 9.90 Å². The van der Waals surface area contributed by atoms with Crippen LogP contribution in [0, 0.1) is 0 Å². The Bertz CT molecular complexity index is 155. The molecule has 4 heteroatoms. The van der Waals surface area contributed by atoms with E-state index in [1.165, 1.54) is 17.7 Å². The first-order chi connectivity index (χ1) is 5.70. The number of likely N-dealkylation sites (N-methyl/N-ethyl adjacent to an activating group) is 1. The zero-order chi connectivity index (χ0) is 8.97. The maximum Gasteiger partial charge on any atom is 0.407 e. The van der Waals surface area contributed by atoms with Crippen molar-refractivity contribution in [2.24, 2.45) is 0 Å². The van der Waals surface area contributed by atoms with E-state index in [9.17, 15) is 4.79 Å². The van der Waals surface area contributed by atoms with Crippen LogP contribution in [-0.4, -0.2) is 42.3 Å². The lowest BCUT2D eigenvalue weighted by Gasteiger charge is -2.26. The molecule has 1 aliphatic rings. The van der Waals surface area contributed by atoms with Gasteiger partial charge in [-0.2, -0.15) is 0 Å². The van der Waals surface area contributed by atoms with Crippen molar-refractivity contribution in [1.29, 1.82) is 0 Å². The lowest BCUT2D eigenvalue weighted by Crippen LogP contribution is -2.43. The second-order valence-corrected chi connectivity index (χ2v) is 3.31. The Kier molecular flexibility index (Phi) is 3.34. The summed E-state index contributed by atoms with van der Waals surface area (Å²) in [6, 6.07) is 0.361. The van der Waals surface area contributed by atoms with E-state index in [4.69, 9.17) is 5.11 Å². The van der Waals surface area contributed by atoms with Crippen LogP contribution in [-0.2, 0) is 0 Å². The molecule has 0 spiro atoms. The van der Waals surface area contributed by atoms with E-state index in [1.54, 1.807) is 7.05 Å². The van der Waals surface area contributed by atoms with Gasteiger partial charge in [0, 0.05) is 19.6 Å². The summed E-state index contributed by atoms with van der Waals surface area (Å²) in [7, 11) is 1.61. The predicted molar refractivity (Wildman–Crippen MR) is 46.3 cm³/mol. The molecule has 1 amide bonds. The summed E-state index contributed by atoms with van der Waals surface area (Å²) >= 11 is 0. The van der Waals surface area contributed by atoms with Crippen LogP contribution in [0.3, 0.4) is 0 Å². The number of piperidine rings is 1. The van der Waals surface area contributed by atoms with Crippen LogP contribution in [0.15, 0.2) is 0 Å². The quantitative estimate of drug-likeness (QED) is 0.646. The summed E-state index contributed by atoms with van der Waals surface area (Å²) in [5, 5.41) is 11.9. The van der Waals surface area contributed by atoms with Gasteiger partial charge in [0.05, 0.1) is 0 Å². The van der Waals surface area contributed by atoms with Gasteiger partial charge in [-0.1, -0.05) is 6.42 Å². The molecule has 0 bridgehead atoms. The van der Waals surface area contributed by atoms with Gasteiger partial charge in [-0.3, -0.25) is 0 Å². The largest absolute Gasteiger partial charge is 0.465 e. The first kappa shape index (κ1) is 9.32. The Hall–Kier alpha value is -0.770. The highest BCUT2D eigenvalue weighted by Crippen LogP contribution is 2.07. The van der Waals surface area contributed by atoms with E-state index >= 15 is 0 Å². The molecule has 1 heterocycles. The zero-order valence-corrected chi connectivity index (χ0v) is 7.42. The summed E-state index contributed by atoms with van der Waals surface area (Å²) in [5.74, 6) is 0. The average Bonchev–Trinajstić information content (AvgIpc) is 2.06. The first-order valence-electron chi connectivity index (χ1n) is 4.37. The molecule has 1 fully saturated rings. The molecule has 4 nitrogen and oxygen atoms in total. The van der Waals surface area contributed by atoms with Crippen molar-refractivity contribution in [3.8, 4) is 0 Å². The number of nitrogens with zero attached hydrogens (tertiary/aromatic N) is 1. The number of rotatable bonds is 2. The van der Waals surface area contributed by atoms with Gasteiger partial charge >= 0.3 is 6.09 Å². The topological polar surface area (TPSA) is 52.6 Å². The Labute approximate surface area is 72.6 Å². The molecule has 2 N–H and O–H groups in total. The number of carboxylic acid groups (broad SMARTS) is 1. The van der Waals surface area contributed by atoms with Gasteiger partial charge in [-0.05, 0) is 19.4 Å². The summed E-state index contributed by atoms with van der Waals surface area (Å²) in [6.07, 6.45) is 2.68. The Balaban J connectivity index is 2.24. The minimum absolute atomic E-state index is 0.361. The monoisotopic (exact) mass is 172 g/mol. The van der Waals surface area contributed by atoms with Gasteiger partial charge in [0.25, 0.3) is 0 Å². The third-order valence-corrected chi connectivity index (χ3v) is 2.23. The van der Waals surface area contributed by atoms with Crippen molar-refractivity contribution in [2.75, 3.05) is 20.1 Å². The summed E-state index contributed by atoms with van der Waals surface area (Å²) in [5.41, 5.74) is 0. The number of amides is 1. The smallest absolute Gasteiger partial charge is 0.407 e. The molecule has 1 aliphatic heterocycles. The van der Waals surface area contributed by atoms with Gasteiger partial charge in [0.15, 0.2) is 0 Å². The molecule has 1 saturated heterocycles. The van der Waals surface area contributed by atoms with Crippen molar-refractivity contribution in [2.45, 2.75) is 25.3 Å². The van der Waals surface area contributed by atoms with E-state index < -0.39 is 6.09 Å². The second-order valence-electron chi connectivity index (χ2n) is 3.31. The number of nitrogens with one attached hydrogen (secondary N) is 1. The van der Waals surface area contributed by atoms with Crippen molar-refractivity contribution in [3.63, 3.8) is 0 Å². The minimum atomic E-state index is -0.845. The minimum Gasteiger partial charge on any atom is -0.465 e. The molecule has 70 valence electrons. The molecule has 0 radical (unpaired) electrons. The summed E-state index contributed by atoms with van der Waals surface area (Å²) in [4.78, 5) is 11.8. The van der Waals surface area contributed by atoms with Gasteiger partial charge in [0.2, 0.25) is 0 Å². The lowest BCUT2D eigenvalue weighted by molar-refractivity contribution is 0.149. The third-order valence-electron chi connectivity index (χ3n) is 2.23. The molecule has 1 rings (SSSR count). The van der Waals surface area contributed by atoms with Gasteiger partial charge < -0.3 is 15.3 Å². The second kappa shape index (κ2) is 4.30. The van der Waals surface area contributed by atoms with Crippen molar-refractivity contribution >= 4 is 6.09 Å². The van der Waals surface area contributed by atoms with E-state index in [0.717, 1.165) is 13.0 Å². The molecule has 0 aliphatic carbocycles. The van der Waals surface area contributed by atoms with Crippen molar-refractivity contribution in [1.82, 2.24) is 10.2 Å². The first-order valence-corrected chi connectivity index (χ1v) is 4.37. The van der Waals surface area contributed by atoms with Crippen LogP contribution in [0.2, 0.25) is 0 Å². The molecular formula is C8H16N2O2. The average molecular weight is 172 g/mol. The van der Waals surface area contributed by atoms with Gasteiger partial charge in [0.1, 0.15) is 0 Å². The molecule has 12 heavy (non-hydrogen) atoms. The van der Waals surface area contributed by atoms with E-state index in [-0.39, 0.29) is 0 Å². The number of hydrogen-bond acceptors (Lipinski definition) is 2. The highest BCUT2D eigenvalue weighted by molar-refractivity contribution is 5.64. The molecular weight excluding hydrogens is 156 g/mol. The fourth-order valence-electron chi connectivity index (χ4n) is 1.49. The Morgan fingerprint density at radius 1 is 1.67 bits per heavy atom. The third kappa shape index (κ3) is 2.70. The maximum absolute atomic E-state index is 10.5. The molecule has 1 atom stereocenters. The maximum atomic E-state index is 10.5. The molecule has 0 aromatic heterocycles. The zero-order valence-electron chi connectivity index (χ0n) is 7.42. The van der Waals surface area contributed by atoms with Crippen LogP contribution >= 0.6 is 0 Å². The lowest BCUT2D eigenvalue weighted by atomic mass is 10.1. The standard InChI is InChI=1S/C8H16N2O2/c1-10(8(11)12)6-7-4-2-3-5-9-7/h7,9H,2-6H2,1H3,(H,11,12)/t7-/m1/s1. The predicted octanol–water partition coefficient (Wildman–Crippen LogP) is 0.738. The van der Waals surface area contributed by atoms with Crippen LogP contribution in [0.25, 0.3) is 0 Å². The summed E-state index contributed by atoms with van der Waals surface area (Å²) in [6.45, 7) is 1.63. The Morgan fingerprint density at radius 3 is 2.92 bits per heavy atom. The van der Waals surface area contributed by atoms with Crippen molar-refractivity contribution in [3.05, 3.63) is 0 Å². The molecule has 0 unspecified atom stereocenters. The Morgan fingerprint density at radius 2 is 2.42 bits per heavy atom. The van der Waals surface area contributed by atoms with Crippen LogP contribution in [0.4, 0.5) is 4.79 Å².